The van der Waals surface area contributed by atoms with Gasteiger partial charge in [-0.3, -0.25) is 0 Å². The first kappa shape index (κ1) is 12.2. The molecular formula is C12H19ClN2S. The Kier molecular flexibility index (Phi) is 4.09. The van der Waals surface area contributed by atoms with Crippen molar-refractivity contribution in [1.82, 2.24) is 4.98 Å². The third kappa shape index (κ3) is 2.51. The van der Waals surface area contributed by atoms with E-state index in [1.165, 1.54) is 35.0 Å². The number of halogens is 1. The molecule has 0 N–H and O–H groups in total. The first-order valence-corrected chi connectivity index (χ1v) is 7.34. The van der Waals surface area contributed by atoms with E-state index in [0.29, 0.717) is 6.04 Å². The number of rotatable bonds is 3. The fourth-order valence-electron chi connectivity index (χ4n) is 2.26. The highest BCUT2D eigenvalue weighted by molar-refractivity contribution is 7.15. The third-order valence-corrected chi connectivity index (χ3v) is 4.66. The number of piperidine rings is 1. The zero-order chi connectivity index (χ0) is 11.5. The van der Waals surface area contributed by atoms with Gasteiger partial charge in [-0.25, -0.2) is 4.98 Å². The highest BCUT2D eigenvalue weighted by atomic mass is 35.5. The second kappa shape index (κ2) is 5.37. The van der Waals surface area contributed by atoms with Crippen molar-refractivity contribution in [2.24, 2.45) is 0 Å². The second-order valence-electron chi connectivity index (χ2n) is 4.46. The summed E-state index contributed by atoms with van der Waals surface area (Å²) in [5.74, 6) is 0.754. The van der Waals surface area contributed by atoms with Crippen LogP contribution < -0.4 is 4.90 Å². The zero-order valence-corrected chi connectivity index (χ0v) is 11.6. The number of thiazole rings is 1. The molecule has 0 amide bonds. The Morgan fingerprint density at radius 2 is 2.25 bits per heavy atom. The van der Waals surface area contributed by atoms with E-state index >= 15 is 0 Å². The molecule has 0 saturated carbocycles. The Bertz CT molecular complexity index is 329. The van der Waals surface area contributed by atoms with Crippen molar-refractivity contribution in [3.63, 3.8) is 0 Å². The van der Waals surface area contributed by atoms with E-state index in [2.05, 4.69) is 23.7 Å². The quantitative estimate of drug-likeness (QED) is 0.768. The fourth-order valence-corrected chi connectivity index (χ4v) is 3.52. The van der Waals surface area contributed by atoms with Crippen molar-refractivity contribution in [2.45, 2.75) is 45.6 Å². The van der Waals surface area contributed by atoms with Gasteiger partial charge in [-0.05, 0) is 39.5 Å². The molecular weight excluding hydrogens is 240 g/mol. The van der Waals surface area contributed by atoms with Gasteiger partial charge in [-0.1, -0.05) is 0 Å². The van der Waals surface area contributed by atoms with E-state index < -0.39 is 0 Å². The van der Waals surface area contributed by atoms with Crippen LogP contribution in [0, 0.1) is 13.8 Å². The monoisotopic (exact) mass is 258 g/mol. The SMILES string of the molecule is Cc1nc(N2CCCCC2CCCl)sc1C. The maximum atomic E-state index is 5.88. The van der Waals surface area contributed by atoms with Crippen LogP contribution in [0.25, 0.3) is 0 Å². The lowest BCUT2D eigenvalue weighted by Gasteiger charge is -2.35. The number of aryl methyl sites for hydroxylation is 2. The van der Waals surface area contributed by atoms with Gasteiger partial charge in [-0.2, -0.15) is 0 Å². The van der Waals surface area contributed by atoms with Crippen molar-refractivity contribution in [3.8, 4) is 0 Å². The maximum absolute atomic E-state index is 5.88. The largest absolute Gasteiger partial charge is 0.345 e. The van der Waals surface area contributed by atoms with Crippen molar-refractivity contribution >= 4 is 28.1 Å². The van der Waals surface area contributed by atoms with Gasteiger partial charge in [0.05, 0.1) is 5.69 Å². The summed E-state index contributed by atoms with van der Waals surface area (Å²) < 4.78 is 0. The van der Waals surface area contributed by atoms with Gasteiger partial charge in [0.25, 0.3) is 0 Å². The van der Waals surface area contributed by atoms with Crippen molar-refractivity contribution in [1.29, 1.82) is 0 Å². The van der Waals surface area contributed by atoms with Crippen LogP contribution in [-0.2, 0) is 0 Å². The van der Waals surface area contributed by atoms with Crippen LogP contribution in [0.2, 0.25) is 0 Å². The van der Waals surface area contributed by atoms with Crippen LogP contribution >= 0.6 is 22.9 Å². The molecule has 0 radical (unpaired) electrons. The standard InChI is InChI=1S/C12H19ClN2S/c1-9-10(2)16-12(14-9)15-8-4-3-5-11(15)6-7-13/h11H,3-8H2,1-2H3. The topological polar surface area (TPSA) is 16.1 Å². The zero-order valence-electron chi connectivity index (χ0n) is 10.0. The van der Waals surface area contributed by atoms with E-state index in [-0.39, 0.29) is 0 Å². The predicted molar refractivity (Wildman–Crippen MR) is 71.9 cm³/mol. The van der Waals surface area contributed by atoms with Crippen molar-refractivity contribution in [3.05, 3.63) is 10.6 Å². The van der Waals surface area contributed by atoms with Crippen LogP contribution in [0.1, 0.15) is 36.3 Å². The van der Waals surface area contributed by atoms with Gasteiger partial charge in [0.2, 0.25) is 0 Å². The molecule has 0 spiro atoms. The van der Waals surface area contributed by atoms with E-state index in [9.17, 15) is 0 Å². The van der Waals surface area contributed by atoms with Gasteiger partial charge in [0, 0.05) is 23.3 Å². The molecule has 1 fully saturated rings. The Hall–Kier alpha value is -0.280. The molecule has 2 rings (SSSR count). The van der Waals surface area contributed by atoms with Crippen molar-refractivity contribution < 1.29 is 0 Å². The molecule has 1 aromatic rings. The highest BCUT2D eigenvalue weighted by Crippen LogP contribution is 2.31. The van der Waals surface area contributed by atoms with Crippen LogP contribution in [-0.4, -0.2) is 23.5 Å². The molecule has 1 aliphatic heterocycles. The fraction of sp³-hybridized carbons (Fsp3) is 0.750. The minimum atomic E-state index is 0.608. The molecule has 2 heterocycles. The van der Waals surface area contributed by atoms with Crippen LogP contribution in [0.15, 0.2) is 0 Å². The molecule has 16 heavy (non-hydrogen) atoms. The molecule has 1 atom stereocenters. The number of alkyl halides is 1. The van der Waals surface area contributed by atoms with E-state index in [0.717, 1.165) is 18.8 Å². The van der Waals surface area contributed by atoms with E-state index in [1.807, 2.05) is 11.3 Å². The summed E-state index contributed by atoms with van der Waals surface area (Å²) in [6.45, 7) is 5.39. The number of hydrogen-bond acceptors (Lipinski definition) is 3. The minimum Gasteiger partial charge on any atom is -0.345 e. The molecule has 1 aliphatic rings. The summed E-state index contributed by atoms with van der Waals surface area (Å²) in [4.78, 5) is 8.47. The lowest BCUT2D eigenvalue weighted by atomic mass is 10.0. The summed E-state index contributed by atoms with van der Waals surface area (Å²) in [5, 5.41) is 1.20. The van der Waals surface area contributed by atoms with Crippen LogP contribution in [0.5, 0.6) is 0 Å². The molecule has 1 aromatic heterocycles. The number of aromatic nitrogens is 1. The first-order chi connectivity index (χ1) is 7.72. The van der Waals surface area contributed by atoms with Gasteiger partial charge in [-0.15, -0.1) is 22.9 Å². The Morgan fingerprint density at radius 1 is 1.44 bits per heavy atom. The van der Waals surface area contributed by atoms with Gasteiger partial charge >= 0.3 is 0 Å². The molecule has 2 nitrogen and oxygen atoms in total. The first-order valence-electron chi connectivity index (χ1n) is 5.99. The summed E-state index contributed by atoms with van der Waals surface area (Å²) in [6, 6.07) is 0.608. The predicted octanol–water partition coefficient (Wildman–Crippen LogP) is 3.75. The summed E-state index contributed by atoms with van der Waals surface area (Å²) >= 11 is 7.70. The lowest BCUT2D eigenvalue weighted by Crippen LogP contribution is -2.39. The molecule has 0 aliphatic carbocycles. The normalized spacial score (nSPS) is 21.4. The van der Waals surface area contributed by atoms with Crippen LogP contribution in [0.4, 0.5) is 5.13 Å². The minimum absolute atomic E-state index is 0.608. The Morgan fingerprint density at radius 3 is 2.88 bits per heavy atom. The number of anilines is 1. The number of nitrogens with zero attached hydrogens (tertiary/aromatic N) is 2. The molecule has 0 bridgehead atoms. The summed E-state index contributed by atoms with van der Waals surface area (Å²) in [5.41, 5.74) is 1.18. The van der Waals surface area contributed by atoms with Crippen LogP contribution in [0.3, 0.4) is 0 Å². The smallest absolute Gasteiger partial charge is 0.186 e. The van der Waals surface area contributed by atoms with E-state index in [1.54, 1.807) is 0 Å². The van der Waals surface area contributed by atoms with Gasteiger partial charge < -0.3 is 4.90 Å². The van der Waals surface area contributed by atoms with Gasteiger partial charge in [0.1, 0.15) is 0 Å². The molecule has 1 saturated heterocycles. The second-order valence-corrected chi connectivity index (χ2v) is 6.02. The molecule has 90 valence electrons. The third-order valence-electron chi connectivity index (χ3n) is 3.33. The molecule has 0 aromatic carbocycles. The van der Waals surface area contributed by atoms with E-state index in [4.69, 9.17) is 11.6 Å². The average Bonchev–Trinajstić information content (AvgIpc) is 2.60. The highest BCUT2D eigenvalue weighted by Gasteiger charge is 2.24. The lowest BCUT2D eigenvalue weighted by molar-refractivity contribution is 0.450. The Balaban J connectivity index is 2.16. The average molecular weight is 259 g/mol. The summed E-state index contributed by atoms with van der Waals surface area (Å²) in [7, 11) is 0. The molecule has 1 unspecified atom stereocenters. The van der Waals surface area contributed by atoms with Crippen molar-refractivity contribution in [2.75, 3.05) is 17.3 Å². The Labute approximate surface area is 107 Å². The van der Waals surface area contributed by atoms with Gasteiger partial charge in [0.15, 0.2) is 5.13 Å². The number of hydrogen-bond donors (Lipinski definition) is 0. The molecule has 4 heteroatoms. The summed E-state index contributed by atoms with van der Waals surface area (Å²) in [6.07, 6.45) is 4.97. The maximum Gasteiger partial charge on any atom is 0.186 e.